The summed E-state index contributed by atoms with van der Waals surface area (Å²) >= 11 is 5.31. The molecule has 1 atom stereocenters. The molecule has 0 amide bonds. The fourth-order valence-corrected chi connectivity index (χ4v) is 3.79. The minimum Gasteiger partial charge on any atom is -0.506 e. The van der Waals surface area contributed by atoms with Gasteiger partial charge < -0.3 is 24.4 Å². The molecule has 2 aromatic heterocycles. The number of rotatable bonds is 4. The van der Waals surface area contributed by atoms with Gasteiger partial charge in [0.25, 0.3) is 5.56 Å². The molecule has 30 heavy (non-hydrogen) atoms. The maximum atomic E-state index is 12.8. The molecule has 156 valence electrons. The van der Waals surface area contributed by atoms with Gasteiger partial charge in [-0.25, -0.2) is 0 Å². The highest BCUT2D eigenvalue weighted by Gasteiger charge is 2.35. The Morgan fingerprint density at radius 2 is 2.03 bits per heavy atom. The van der Waals surface area contributed by atoms with Gasteiger partial charge >= 0.3 is 0 Å². The summed E-state index contributed by atoms with van der Waals surface area (Å²) in [4.78, 5) is 19.5. The number of hydrogen-bond acceptors (Lipinski definition) is 8. The van der Waals surface area contributed by atoms with Gasteiger partial charge in [-0.1, -0.05) is 0 Å². The van der Waals surface area contributed by atoms with Crippen molar-refractivity contribution in [1.82, 2.24) is 14.5 Å². The van der Waals surface area contributed by atoms with E-state index in [0.29, 0.717) is 34.0 Å². The molecule has 0 unspecified atom stereocenters. The first-order valence-corrected chi connectivity index (χ1v) is 9.37. The van der Waals surface area contributed by atoms with Crippen molar-refractivity contribution in [3.63, 3.8) is 0 Å². The second kappa shape index (κ2) is 7.47. The molecular formula is C20H19N3O6S. The number of pyridine rings is 1. The Hall–Kier alpha value is -3.37. The van der Waals surface area contributed by atoms with Gasteiger partial charge in [0.05, 0.1) is 32.2 Å². The minimum absolute atomic E-state index is 0.0406. The summed E-state index contributed by atoms with van der Waals surface area (Å²) in [5, 5.41) is 21.7. The third-order valence-electron chi connectivity index (χ3n) is 5.04. The lowest BCUT2D eigenvalue weighted by molar-refractivity contribution is 0.0892. The van der Waals surface area contributed by atoms with Gasteiger partial charge in [-0.3, -0.25) is 19.3 Å². The quantitative estimate of drug-likeness (QED) is 0.542. The molecule has 0 aliphatic carbocycles. The van der Waals surface area contributed by atoms with Crippen LogP contribution in [0.25, 0.3) is 5.69 Å². The number of benzene rings is 1. The molecule has 1 aromatic carbocycles. The zero-order valence-corrected chi connectivity index (χ0v) is 17.2. The minimum atomic E-state index is -0.996. The predicted octanol–water partition coefficient (Wildman–Crippen LogP) is 2.65. The number of hydrogen-bond donors (Lipinski definition) is 3. The van der Waals surface area contributed by atoms with Crippen molar-refractivity contribution in [3.05, 3.63) is 61.9 Å². The van der Waals surface area contributed by atoms with Crippen LogP contribution in [0.1, 0.15) is 28.5 Å². The van der Waals surface area contributed by atoms with E-state index in [-0.39, 0.29) is 22.7 Å². The van der Waals surface area contributed by atoms with Crippen LogP contribution in [0, 0.1) is 11.7 Å². The third-order valence-corrected chi connectivity index (χ3v) is 5.32. The molecule has 0 bridgehead atoms. The van der Waals surface area contributed by atoms with Crippen LogP contribution >= 0.6 is 12.2 Å². The monoisotopic (exact) mass is 429 g/mol. The Kier molecular flexibility index (Phi) is 4.96. The van der Waals surface area contributed by atoms with Gasteiger partial charge in [-0.05, 0) is 31.3 Å². The largest absolute Gasteiger partial charge is 0.506 e. The number of aryl methyl sites for hydroxylation is 1. The van der Waals surface area contributed by atoms with Crippen molar-refractivity contribution < 1.29 is 24.4 Å². The van der Waals surface area contributed by atoms with Gasteiger partial charge in [0.1, 0.15) is 28.9 Å². The van der Waals surface area contributed by atoms with E-state index in [2.05, 4.69) is 9.97 Å². The number of nitrogens with one attached hydrogen (secondary N) is 1. The van der Waals surface area contributed by atoms with Crippen LogP contribution in [0.5, 0.6) is 23.1 Å². The highest BCUT2D eigenvalue weighted by Crippen LogP contribution is 2.43. The lowest BCUT2D eigenvalue weighted by Crippen LogP contribution is -2.22. The fraction of sp³-hybridized carbons (Fsp3) is 0.250. The second-order valence-electron chi connectivity index (χ2n) is 6.69. The number of aromatic nitrogens is 3. The third kappa shape index (κ3) is 3.01. The average molecular weight is 429 g/mol. The van der Waals surface area contributed by atoms with E-state index >= 15 is 0 Å². The van der Waals surface area contributed by atoms with E-state index in [1.807, 2.05) is 0 Å². The standard InChI is InChI=1S/C20H19N3O6S/c1-9-16(24)14-10(7-21-9)8-29-17(14)15-18(25)22-20(30)23(19(15)26)12-6-11(27-2)4-5-13(12)28-3/h4-7,17,24,26H,8H2,1-3H3,(H,22,25,30)/t17-/m1/s1. The van der Waals surface area contributed by atoms with Crippen molar-refractivity contribution in [2.75, 3.05) is 14.2 Å². The second-order valence-corrected chi connectivity index (χ2v) is 7.08. The summed E-state index contributed by atoms with van der Waals surface area (Å²) in [5.74, 6) is 0.390. The van der Waals surface area contributed by atoms with Gasteiger partial charge in [0.15, 0.2) is 4.77 Å². The number of ether oxygens (including phenoxy) is 3. The molecule has 0 fully saturated rings. The number of methoxy groups -OCH3 is 2. The van der Waals surface area contributed by atoms with E-state index in [1.165, 1.54) is 18.8 Å². The van der Waals surface area contributed by atoms with Crippen LogP contribution in [0.3, 0.4) is 0 Å². The predicted molar refractivity (Wildman–Crippen MR) is 109 cm³/mol. The van der Waals surface area contributed by atoms with Crippen molar-refractivity contribution in [3.8, 4) is 28.8 Å². The lowest BCUT2D eigenvalue weighted by Gasteiger charge is -2.19. The molecule has 9 nitrogen and oxygen atoms in total. The van der Waals surface area contributed by atoms with Gasteiger partial charge in [-0.15, -0.1) is 0 Å². The summed E-state index contributed by atoms with van der Waals surface area (Å²) in [6, 6.07) is 4.97. The molecule has 0 saturated heterocycles. The normalized spacial score (nSPS) is 15.1. The molecule has 0 spiro atoms. The van der Waals surface area contributed by atoms with Crippen molar-refractivity contribution >= 4 is 12.2 Å². The van der Waals surface area contributed by atoms with E-state index in [4.69, 9.17) is 26.4 Å². The number of H-pyrrole nitrogens is 1. The van der Waals surface area contributed by atoms with Crippen LogP contribution in [-0.2, 0) is 11.3 Å². The van der Waals surface area contributed by atoms with Crippen molar-refractivity contribution in [1.29, 1.82) is 0 Å². The van der Waals surface area contributed by atoms with E-state index in [0.717, 1.165) is 0 Å². The van der Waals surface area contributed by atoms with Crippen LogP contribution in [-0.4, -0.2) is 39.0 Å². The average Bonchev–Trinajstić information content (AvgIpc) is 3.14. The Balaban J connectivity index is 1.99. The number of aromatic hydroxyl groups is 2. The highest BCUT2D eigenvalue weighted by molar-refractivity contribution is 7.71. The molecule has 0 radical (unpaired) electrons. The Labute approximate surface area is 176 Å². The smallest absolute Gasteiger partial charge is 0.261 e. The topological polar surface area (TPSA) is 119 Å². The van der Waals surface area contributed by atoms with Gasteiger partial charge in [0.2, 0.25) is 5.88 Å². The zero-order chi connectivity index (χ0) is 21.6. The number of aromatic amines is 1. The maximum Gasteiger partial charge on any atom is 0.261 e. The van der Waals surface area contributed by atoms with Crippen molar-refractivity contribution in [2.24, 2.45) is 0 Å². The van der Waals surface area contributed by atoms with Gasteiger partial charge in [-0.2, -0.15) is 0 Å². The number of nitrogens with zero attached hydrogens (tertiary/aromatic N) is 2. The first kappa shape index (κ1) is 19.9. The molecule has 1 aliphatic rings. The zero-order valence-electron chi connectivity index (χ0n) is 16.4. The molecule has 10 heteroatoms. The Morgan fingerprint density at radius 1 is 1.27 bits per heavy atom. The number of fused-ring (bicyclic) bond motifs is 1. The molecule has 1 aliphatic heterocycles. The van der Waals surface area contributed by atoms with E-state index < -0.39 is 17.5 Å². The lowest BCUT2D eigenvalue weighted by atomic mass is 10.00. The molecule has 3 heterocycles. The van der Waals surface area contributed by atoms with Crippen molar-refractivity contribution in [2.45, 2.75) is 19.6 Å². The maximum absolute atomic E-state index is 12.8. The summed E-state index contributed by atoms with van der Waals surface area (Å²) in [7, 11) is 2.98. The summed E-state index contributed by atoms with van der Waals surface area (Å²) < 4.78 is 17.6. The summed E-state index contributed by atoms with van der Waals surface area (Å²) in [6.07, 6.45) is 0.583. The summed E-state index contributed by atoms with van der Waals surface area (Å²) in [6.45, 7) is 1.78. The molecule has 3 aromatic rings. The SMILES string of the molecule is COc1ccc(OC)c(-n2c(O)c([C@@H]3OCc4cnc(C)c(O)c43)c(=O)[nH]c2=S)c1. The molecular weight excluding hydrogens is 410 g/mol. The first-order valence-electron chi connectivity index (χ1n) is 8.96. The molecule has 4 rings (SSSR count). The van der Waals surface area contributed by atoms with Crippen LogP contribution in [0.15, 0.2) is 29.2 Å². The Bertz CT molecular complexity index is 1270. The first-order chi connectivity index (χ1) is 14.4. The molecule has 0 saturated carbocycles. The molecule has 3 N–H and O–H groups in total. The van der Waals surface area contributed by atoms with Crippen LogP contribution in [0.4, 0.5) is 0 Å². The highest BCUT2D eigenvalue weighted by atomic mass is 32.1. The Morgan fingerprint density at radius 3 is 2.73 bits per heavy atom. The summed E-state index contributed by atoms with van der Waals surface area (Å²) in [5.41, 5.74) is 1.07. The van der Waals surface area contributed by atoms with Gasteiger partial charge in [0, 0.05) is 23.4 Å². The fourth-order valence-electron chi connectivity index (χ4n) is 3.51. The van der Waals surface area contributed by atoms with Crippen LogP contribution < -0.4 is 15.0 Å². The van der Waals surface area contributed by atoms with E-state index in [9.17, 15) is 15.0 Å². The van der Waals surface area contributed by atoms with Crippen LogP contribution in [0.2, 0.25) is 0 Å². The van der Waals surface area contributed by atoms with E-state index in [1.54, 1.807) is 31.3 Å².